The largest absolute Gasteiger partial charge is 0.423 e. The van der Waals surface area contributed by atoms with Crippen LogP contribution >= 0.6 is 0 Å². The van der Waals surface area contributed by atoms with Crippen molar-refractivity contribution in [1.29, 1.82) is 0 Å². The topological polar surface area (TPSA) is 96.0 Å². The number of fused-ring (bicyclic) bond motifs is 1. The fourth-order valence-electron chi connectivity index (χ4n) is 3.37. The first kappa shape index (κ1) is 21.8. The van der Waals surface area contributed by atoms with Crippen LogP contribution in [0.4, 0.5) is 11.4 Å². The van der Waals surface area contributed by atoms with E-state index < -0.39 is 16.0 Å². The molecule has 1 amide bonds. The van der Waals surface area contributed by atoms with Gasteiger partial charge in [0.15, 0.2) is 5.75 Å². The van der Waals surface area contributed by atoms with Crippen molar-refractivity contribution >= 4 is 33.3 Å². The molecule has 0 aromatic heterocycles. The number of esters is 1. The van der Waals surface area contributed by atoms with Crippen LogP contribution in [-0.4, -0.2) is 50.8 Å². The Bertz CT molecular complexity index is 1060. The summed E-state index contributed by atoms with van der Waals surface area (Å²) >= 11 is 0. The van der Waals surface area contributed by atoms with Gasteiger partial charge in [-0.1, -0.05) is 32.0 Å². The average molecular weight is 432 g/mol. The van der Waals surface area contributed by atoms with Gasteiger partial charge in [0.25, 0.3) is 0 Å². The molecule has 1 N–H and O–H groups in total. The predicted octanol–water partition coefficient (Wildman–Crippen LogP) is 2.39. The summed E-state index contributed by atoms with van der Waals surface area (Å²) < 4.78 is 32.4. The number of nitrogens with one attached hydrogen (secondary N) is 1. The number of benzene rings is 2. The van der Waals surface area contributed by atoms with Gasteiger partial charge >= 0.3 is 5.97 Å². The predicted molar refractivity (Wildman–Crippen MR) is 114 cm³/mol. The molecule has 0 atom stereocenters. The van der Waals surface area contributed by atoms with Gasteiger partial charge in [0, 0.05) is 18.8 Å². The van der Waals surface area contributed by atoms with E-state index in [0.717, 1.165) is 0 Å². The maximum Gasteiger partial charge on any atom is 0.331 e. The number of carbonyl (C=O) groups excluding carboxylic acids is 2. The molecule has 3 rings (SSSR count). The summed E-state index contributed by atoms with van der Waals surface area (Å²) in [4.78, 5) is 26.2. The Kier molecular flexibility index (Phi) is 6.42. The second-order valence-electron chi connectivity index (χ2n) is 6.92. The molecule has 1 aliphatic heterocycles. The molecule has 1 aliphatic rings. The van der Waals surface area contributed by atoms with Gasteiger partial charge in [0.2, 0.25) is 15.9 Å². The molecule has 0 saturated heterocycles. The van der Waals surface area contributed by atoms with E-state index in [0.29, 0.717) is 35.8 Å². The summed E-state index contributed by atoms with van der Waals surface area (Å²) in [7, 11) is -3.65. The van der Waals surface area contributed by atoms with Crippen LogP contribution in [0.1, 0.15) is 19.4 Å². The number of amides is 1. The van der Waals surface area contributed by atoms with Crippen molar-refractivity contribution < 1.29 is 22.7 Å². The zero-order chi connectivity index (χ0) is 21.9. The fraction of sp³-hybridized carbons (Fsp3) is 0.333. The van der Waals surface area contributed by atoms with Gasteiger partial charge in [-0.25, -0.2) is 13.2 Å². The van der Waals surface area contributed by atoms with Crippen LogP contribution in [0.25, 0.3) is 0 Å². The first-order valence-electron chi connectivity index (χ1n) is 9.71. The lowest BCUT2D eigenvalue weighted by atomic mass is 10.2. The third kappa shape index (κ3) is 4.47. The van der Waals surface area contributed by atoms with Crippen molar-refractivity contribution in [3.63, 3.8) is 0 Å². The number of carbonyl (C=O) groups is 2. The van der Waals surface area contributed by atoms with Crippen molar-refractivity contribution in [2.24, 2.45) is 0 Å². The molecule has 0 bridgehead atoms. The van der Waals surface area contributed by atoms with Gasteiger partial charge in [-0.05, 0) is 36.8 Å². The van der Waals surface area contributed by atoms with Gasteiger partial charge in [0.05, 0.1) is 17.1 Å². The highest BCUT2D eigenvalue weighted by Crippen LogP contribution is 2.31. The molecule has 9 heteroatoms. The maximum atomic E-state index is 12.9. The van der Waals surface area contributed by atoms with E-state index in [1.165, 1.54) is 10.4 Å². The first-order chi connectivity index (χ1) is 14.3. The van der Waals surface area contributed by atoms with Gasteiger partial charge in [-0.3, -0.25) is 4.79 Å². The summed E-state index contributed by atoms with van der Waals surface area (Å²) in [5.74, 6) is -0.400. The monoisotopic (exact) mass is 431 g/mol. The minimum atomic E-state index is -3.65. The van der Waals surface area contributed by atoms with Crippen LogP contribution in [0.5, 0.6) is 5.75 Å². The van der Waals surface area contributed by atoms with Crippen LogP contribution < -0.4 is 15.0 Å². The highest BCUT2D eigenvalue weighted by Gasteiger charge is 2.26. The minimum Gasteiger partial charge on any atom is -0.423 e. The number of hydrogen-bond donors (Lipinski definition) is 1. The van der Waals surface area contributed by atoms with Crippen LogP contribution in [-0.2, 0) is 19.6 Å². The number of sulfonamides is 1. The van der Waals surface area contributed by atoms with Crippen LogP contribution in [0.15, 0.2) is 47.4 Å². The summed E-state index contributed by atoms with van der Waals surface area (Å²) in [5.41, 5.74) is 1.64. The van der Waals surface area contributed by atoms with E-state index in [-0.39, 0.29) is 23.9 Å². The van der Waals surface area contributed by atoms with Gasteiger partial charge in [0.1, 0.15) is 6.54 Å². The Hall–Kier alpha value is -2.91. The molecular weight excluding hydrogens is 406 g/mol. The summed E-state index contributed by atoms with van der Waals surface area (Å²) in [6.45, 7) is 5.89. The van der Waals surface area contributed by atoms with Gasteiger partial charge < -0.3 is 15.0 Å². The molecule has 30 heavy (non-hydrogen) atoms. The fourth-order valence-corrected chi connectivity index (χ4v) is 5.08. The molecule has 2 aromatic rings. The number of para-hydroxylation sites is 2. The standard InChI is InChI=1S/C21H25N3O5S/c1-4-24(5-2)30(27,28)19-12-16(11-10-15(19)3)22-20(25)13-23-14-21(26)29-18-9-7-6-8-17(18)23/h6-12H,4-5,13-14H2,1-3H3,(H,22,25). The zero-order valence-electron chi connectivity index (χ0n) is 17.2. The van der Waals surface area contributed by atoms with Crippen molar-refractivity contribution in [1.82, 2.24) is 4.31 Å². The summed E-state index contributed by atoms with van der Waals surface area (Å²) in [5, 5.41) is 2.73. The molecule has 2 aromatic carbocycles. The maximum absolute atomic E-state index is 12.9. The van der Waals surface area contributed by atoms with Gasteiger partial charge in [-0.15, -0.1) is 0 Å². The van der Waals surface area contributed by atoms with Crippen molar-refractivity contribution in [2.45, 2.75) is 25.7 Å². The normalized spacial score (nSPS) is 13.7. The first-order valence-corrected chi connectivity index (χ1v) is 11.2. The van der Waals surface area contributed by atoms with E-state index >= 15 is 0 Å². The van der Waals surface area contributed by atoms with Crippen molar-refractivity contribution in [2.75, 3.05) is 36.4 Å². The van der Waals surface area contributed by atoms with Crippen molar-refractivity contribution in [3.05, 3.63) is 48.0 Å². The lowest BCUT2D eigenvalue weighted by Gasteiger charge is -2.29. The van der Waals surface area contributed by atoms with Crippen molar-refractivity contribution in [3.8, 4) is 5.75 Å². The molecule has 0 aliphatic carbocycles. The molecule has 0 fully saturated rings. The van der Waals surface area contributed by atoms with Crippen LogP contribution in [0, 0.1) is 6.92 Å². The Morgan fingerprint density at radius 2 is 1.87 bits per heavy atom. The summed E-state index contributed by atoms with van der Waals surface area (Å²) in [6.07, 6.45) is 0. The number of hydrogen-bond acceptors (Lipinski definition) is 6. The van der Waals surface area contributed by atoms with E-state index in [9.17, 15) is 18.0 Å². The molecule has 0 saturated carbocycles. The average Bonchev–Trinajstić information content (AvgIpc) is 2.70. The SMILES string of the molecule is CCN(CC)S(=O)(=O)c1cc(NC(=O)CN2CC(=O)Oc3ccccc32)ccc1C. The summed E-state index contributed by atoms with van der Waals surface area (Å²) in [6, 6.07) is 11.8. The molecule has 8 nitrogen and oxygen atoms in total. The Morgan fingerprint density at radius 3 is 2.57 bits per heavy atom. The van der Waals surface area contributed by atoms with E-state index in [2.05, 4.69) is 5.32 Å². The number of ether oxygens (including phenoxy) is 1. The Balaban J connectivity index is 1.79. The van der Waals surface area contributed by atoms with Crippen LogP contribution in [0.3, 0.4) is 0 Å². The van der Waals surface area contributed by atoms with E-state index in [1.54, 1.807) is 62.1 Å². The molecular formula is C21H25N3O5S. The van der Waals surface area contributed by atoms with Gasteiger partial charge in [-0.2, -0.15) is 4.31 Å². The molecule has 0 spiro atoms. The quantitative estimate of drug-likeness (QED) is 0.534. The number of rotatable bonds is 7. The molecule has 0 unspecified atom stereocenters. The lowest BCUT2D eigenvalue weighted by Crippen LogP contribution is -2.41. The molecule has 160 valence electrons. The molecule has 1 heterocycles. The molecule has 0 radical (unpaired) electrons. The third-order valence-corrected chi connectivity index (χ3v) is 7.07. The van der Waals surface area contributed by atoms with E-state index in [4.69, 9.17) is 4.74 Å². The smallest absolute Gasteiger partial charge is 0.331 e. The van der Waals surface area contributed by atoms with Crippen LogP contribution in [0.2, 0.25) is 0 Å². The second kappa shape index (κ2) is 8.85. The second-order valence-corrected chi connectivity index (χ2v) is 8.82. The third-order valence-electron chi connectivity index (χ3n) is 4.88. The highest BCUT2D eigenvalue weighted by molar-refractivity contribution is 7.89. The highest BCUT2D eigenvalue weighted by atomic mass is 32.2. The number of anilines is 2. The Labute approximate surface area is 176 Å². The minimum absolute atomic E-state index is 0.0417. The lowest BCUT2D eigenvalue weighted by molar-refractivity contribution is -0.133. The Morgan fingerprint density at radius 1 is 1.17 bits per heavy atom. The zero-order valence-corrected chi connectivity index (χ0v) is 18.0. The van der Waals surface area contributed by atoms with E-state index in [1.807, 2.05) is 0 Å². The number of nitrogens with zero attached hydrogens (tertiary/aromatic N) is 2. The number of aryl methyl sites for hydroxylation is 1.